The second kappa shape index (κ2) is 7.85. The highest BCUT2D eigenvalue weighted by Crippen LogP contribution is 2.33. The number of benzene rings is 3. The number of nitro groups is 1. The van der Waals surface area contributed by atoms with Crippen LogP contribution in [0.5, 0.6) is 5.75 Å². The topological polar surface area (TPSA) is 102 Å². The standard InChI is InChI=1S/C20H10BrClFN3O4/c21-15-8-13(26(28)29)5-10(19(15)27)9-24-12-2-4-18-17(7-12)25-20(30-18)14-3-1-11(23)6-16(14)22/h1-9,27H. The zero-order valence-corrected chi connectivity index (χ0v) is 17.2. The first kappa shape index (κ1) is 20.0. The van der Waals surface area contributed by atoms with Gasteiger partial charge in [-0.25, -0.2) is 9.37 Å². The van der Waals surface area contributed by atoms with E-state index in [0.29, 0.717) is 22.4 Å². The van der Waals surface area contributed by atoms with Gasteiger partial charge in [-0.1, -0.05) is 11.6 Å². The van der Waals surface area contributed by atoms with Crippen molar-refractivity contribution in [2.45, 2.75) is 0 Å². The summed E-state index contributed by atoms with van der Waals surface area (Å²) in [6.45, 7) is 0. The highest BCUT2D eigenvalue weighted by molar-refractivity contribution is 9.10. The first-order valence-electron chi connectivity index (χ1n) is 8.39. The number of nitrogens with zero attached hydrogens (tertiary/aromatic N) is 3. The average Bonchev–Trinajstić information content (AvgIpc) is 3.11. The van der Waals surface area contributed by atoms with Gasteiger partial charge in [0.15, 0.2) is 5.58 Å². The number of phenolic OH excluding ortho intramolecular Hbond substituents is 1. The van der Waals surface area contributed by atoms with Gasteiger partial charge in [-0.2, -0.15) is 0 Å². The number of non-ortho nitro benzene ring substituents is 1. The predicted octanol–water partition coefficient (Wildman–Crippen LogP) is 6.41. The van der Waals surface area contributed by atoms with Crippen molar-refractivity contribution in [1.29, 1.82) is 0 Å². The van der Waals surface area contributed by atoms with Gasteiger partial charge in [-0.3, -0.25) is 15.1 Å². The molecule has 0 fully saturated rings. The molecule has 0 aliphatic rings. The summed E-state index contributed by atoms with van der Waals surface area (Å²) < 4.78 is 19.1. The molecule has 4 aromatic rings. The number of aromatic nitrogens is 1. The maximum Gasteiger partial charge on any atom is 0.271 e. The van der Waals surface area contributed by atoms with Crippen molar-refractivity contribution in [3.05, 3.63) is 79.5 Å². The molecule has 10 heteroatoms. The largest absolute Gasteiger partial charge is 0.506 e. The van der Waals surface area contributed by atoms with E-state index in [4.69, 9.17) is 16.0 Å². The van der Waals surface area contributed by atoms with E-state index >= 15 is 0 Å². The Morgan fingerprint density at radius 3 is 2.77 bits per heavy atom. The van der Waals surface area contributed by atoms with E-state index < -0.39 is 10.7 Å². The Kier molecular flexibility index (Phi) is 5.23. The summed E-state index contributed by atoms with van der Waals surface area (Å²) >= 11 is 9.15. The van der Waals surface area contributed by atoms with E-state index in [1.807, 2.05) is 0 Å². The van der Waals surface area contributed by atoms with Crippen LogP contribution in [0, 0.1) is 15.9 Å². The molecule has 0 atom stereocenters. The molecule has 0 unspecified atom stereocenters. The Hall–Kier alpha value is -3.30. The molecule has 1 N–H and O–H groups in total. The molecule has 4 rings (SSSR count). The van der Waals surface area contributed by atoms with Gasteiger partial charge in [0.1, 0.15) is 17.1 Å². The Bertz CT molecular complexity index is 1340. The molecule has 0 amide bonds. The highest BCUT2D eigenvalue weighted by Gasteiger charge is 2.15. The zero-order valence-electron chi connectivity index (χ0n) is 14.8. The van der Waals surface area contributed by atoms with Crippen LogP contribution >= 0.6 is 27.5 Å². The lowest BCUT2D eigenvalue weighted by atomic mass is 10.2. The van der Waals surface area contributed by atoms with Gasteiger partial charge in [0.2, 0.25) is 5.89 Å². The Morgan fingerprint density at radius 2 is 2.03 bits per heavy atom. The first-order chi connectivity index (χ1) is 14.3. The summed E-state index contributed by atoms with van der Waals surface area (Å²) in [5, 5.41) is 21.3. The maximum atomic E-state index is 13.3. The lowest BCUT2D eigenvalue weighted by Gasteiger charge is -2.02. The number of halogens is 3. The third-order valence-corrected chi connectivity index (χ3v) is 5.09. The molecule has 0 aliphatic carbocycles. The number of oxazole rings is 1. The fourth-order valence-corrected chi connectivity index (χ4v) is 3.44. The van der Waals surface area contributed by atoms with E-state index in [-0.39, 0.29) is 32.4 Å². The van der Waals surface area contributed by atoms with Crippen molar-refractivity contribution in [3.63, 3.8) is 0 Å². The SMILES string of the molecule is O=[N+]([O-])c1cc(Br)c(O)c(C=Nc2ccc3oc(-c4ccc(F)cc4Cl)nc3c2)c1. The van der Waals surface area contributed by atoms with E-state index in [0.717, 1.165) is 0 Å². The molecule has 0 aliphatic heterocycles. The number of hydrogen-bond donors (Lipinski definition) is 1. The smallest absolute Gasteiger partial charge is 0.271 e. The third-order valence-electron chi connectivity index (χ3n) is 4.17. The van der Waals surface area contributed by atoms with Gasteiger partial charge < -0.3 is 9.52 Å². The Morgan fingerprint density at radius 1 is 1.23 bits per heavy atom. The summed E-state index contributed by atoms with van der Waals surface area (Å²) in [7, 11) is 0. The maximum absolute atomic E-state index is 13.3. The molecule has 0 saturated heterocycles. The van der Waals surface area contributed by atoms with Crippen LogP contribution in [-0.2, 0) is 0 Å². The van der Waals surface area contributed by atoms with Crippen molar-refractivity contribution in [2.75, 3.05) is 0 Å². The quantitative estimate of drug-likeness (QED) is 0.202. The normalized spacial score (nSPS) is 11.4. The number of rotatable bonds is 4. The fraction of sp³-hybridized carbons (Fsp3) is 0. The van der Waals surface area contributed by atoms with Crippen LogP contribution in [0.4, 0.5) is 15.8 Å². The van der Waals surface area contributed by atoms with E-state index in [9.17, 15) is 19.6 Å². The second-order valence-electron chi connectivity index (χ2n) is 6.18. The molecule has 0 spiro atoms. The Labute approximate surface area is 181 Å². The van der Waals surface area contributed by atoms with Gasteiger partial charge >= 0.3 is 0 Å². The van der Waals surface area contributed by atoms with Gasteiger partial charge in [0, 0.05) is 23.9 Å². The van der Waals surface area contributed by atoms with Crippen LogP contribution in [0.1, 0.15) is 5.56 Å². The summed E-state index contributed by atoms with van der Waals surface area (Å²) in [6.07, 6.45) is 1.31. The summed E-state index contributed by atoms with van der Waals surface area (Å²) in [4.78, 5) is 19.1. The summed E-state index contributed by atoms with van der Waals surface area (Å²) in [5.74, 6) is -0.399. The van der Waals surface area contributed by atoms with Crippen molar-refractivity contribution in [2.24, 2.45) is 4.99 Å². The Balaban J connectivity index is 1.69. The van der Waals surface area contributed by atoms with Crippen LogP contribution < -0.4 is 0 Å². The van der Waals surface area contributed by atoms with Crippen LogP contribution in [0.25, 0.3) is 22.6 Å². The van der Waals surface area contributed by atoms with Crippen LogP contribution in [0.2, 0.25) is 5.02 Å². The number of phenols is 1. The minimum atomic E-state index is -0.564. The van der Waals surface area contributed by atoms with E-state index in [2.05, 4.69) is 25.9 Å². The van der Waals surface area contributed by atoms with Crippen molar-refractivity contribution >= 4 is 56.2 Å². The summed E-state index contributed by atoms with van der Waals surface area (Å²) in [6, 6.07) is 11.3. The molecule has 0 saturated carbocycles. The number of fused-ring (bicyclic) bond motifs is 1. The minimum absolute atomic E-state index is 0.167. The van der Waals surface area contributed by atoms with Crippen LogP contribution in [-0.4, -0.2) is 21.2 Å². The van der Waals surface area contributed by atoms with Crippen molar-refractivity contribution < 1.29 is 18.8 Å². The third kappa shape index (κ3) is 3.89. The highest BCUT2D eigenvalue weighted by atomic mass is 79.9. The molecule has 0 radical (unpaired) electrons. The van der Waals surface area contributed by atoms with Crippen molar-refractivity contribution in [3.8, 4) is 17.2 Å². The van der Waals surface area contributed by atoms with Gasteiger partial charge in [-0.15, -0.1) is 0 Å². The first-order valence-corrected chi connectivity index (χ1v) is 9.56. The van der Waals surface area contributed by atoms with Crippen LogP contribution in [0.3, 0.4) is 0 Å². The monoisotopic (exact) mass is 489 g/mol. The molecule has 150 valence electrons. The molecular weight excluding hydrogens is 481 g/mol. The van der Waals surface area contributed by atoms with Gasteiger partial charge in [0.05, 0.1) is 25.7 Å². The lowest BCUT2D eigenvalue weighted by molar-refractivity contribution is -0.385. The lowest BCUT2D eigenvalue weighted by Crippen LogP contribution is -1.91. The fourth-order valence-electron chi connectivity index (χ4n) is 2.73. The zero-order chi connectivity index (χ0) is 21.4. The van der Waals surface area contributed by atoms with Gasteiger partial charge in [-0.05, 0) is 52.3 Å². The second-order valence-corrected chi connectivity index (χ2v) is 7.44. The minimum Gasteiger partial charge on any atom is -0.506 e. The average molecular weight is 491 g/mol. The number of hydrogen-bond acceptors (Lipinski definition) is 6. The number of aromatic hydroxyl groups is 1. The molecular formula is C20H10BrClFN3O4. The molecule has 3 aromatic carbocycles. The van der Waals surface area contributed by atoms with Crippen molar-refractivity contribution in [1.82, 2.24) is 4.98 Å². The number of nitro benzene ring substituents is 1. The van der Waals surface area contributed by atoms with E-state index in [1.54, 1.807) is 18.2 Å². The predicted molar refractivity (Wildman–Crippen MR) is 114 cm³/mol. The molecule has 0 bridgehead atoms. The van der Waals surface area contributed by atoms with Crippen LogP contribution in [0.15, 0.2) is 62.4 Å². The molecule has 7 nitrogen and oxygen atoms in total. The van der Waals surface area contributed by atoms with Gasteiger partial charge in [0.25, 0.3) is 5.69 Å². The van der Waals surface area contributed by atoms with E-state index in [1.165, 1.54) is 36.5 Å². The number of aliphatic imine (C=N–C) groups is 1. The molecule has 30 heavy (non-hydrogen) atoms. The molecule has 1 heterocycles. The summed E-state index contributed by atoms with van der Waals surface area (Å²) in [5.41, 5.74) is 1.89. The molecule has 1 aromatic heterocycles.